The van der Waals surface area contributed by atoms with E-state index in [0.29, 0.717) is 5.69 Å². The van der Waals surface area contributed by atoms with Gasteiger partial charge in [0.15, 0.2) is 0 Å². The number of nitrogens with one attached hydrogen (secondary N) is 2. The zero-order valence-electron chi connectivity index (χ0n) is 19.4. The van der Waals surface area contributed by atoms with Crippen LogP contribution in [-0.4, -0.2) is 22.3 Å². The summed E-state index contributed by atoms with van der Waals surface area (Å²) >= 11 is 0. The van der Waals surface area contributed by atoms with Crippen LogP contribution in [0.5, 0.6) is 0 Å². The first kappa shape index (κ1) is 22.2. The second-order valence-electron chi connectivity index (χ2n) is 8.44. The summed E-state index contributed by atoms with van der Waals surface area (Å²) in [5.74, 6) is -1.05. The molecule has 2 heterocycles. The SMILES string of the molecule is Cc1ccccc1NC(=O)Cn1c(C)c(C=C2C(=O)NN(c3ccccc3)C2=O)c2ccccc21. The molecule has 7 nitrogen and oxygen atoms in total. The topological polar surface area (TPSA) is 83.4 Å². The molecule has 1 saturated heterocycles. The van der Waals surface area contributed by atoms with Crippen LogP contribution in [0.4, 0.5) is 11.4 Å². The van der Waals surface area contributed by atoms with Gasteiger partial charge in [-0.25, -0.2) is 5.01 Å². The van der Waals surface area contributed by atoms with Crippen molar-refractivity contribution in [2.75, 3.05) is 10.3 Å². The summed E-state index contributed by atoms with van der Waals surface area (Å²) in [5, 5.41) is 5.08. The second kappa shape index (κ2) is 8.95. The number of amides is 3. The molecule has 0 bridgehead atoms. The van der Waals surface area contributed by atoms with E-state index < -0.39 is 11.8 Å². The van der Waals surface area contributed by atoms with Gasteiger partial charge in [-0.2, -0.15) is 0 Å². The third kappa shape index (κ3) is 4.08. The van der Waals surface area contributed by atoms with Gasteiger partial charge in [-0.3, -0.25) is 19.8 Å². The maximum Gasteiger partial charge on any atom is 0.282 e. The van der Waals surface area contributed by atoms with Crippen molar-refractivity contribution < 1.29 is 14.4 Å². The minimum atomic E-state index is -0.465. The third-order valence-electron chi connectivity index (χ3n) is 6.20. The number of para-hydroxylation sites is 3. The molecule has 35 heavy (non-hydrogen) atoms. The summed E-state index contributed by atoms with van der Waals surface area (Å²) in [7, 11) is 0. The Morgan fingerprint density at radius 1 is 0.914 bits per heavy atom. The lowest BCUT2D eigenvalue weighted by Gasteiger charge is -2.13. The molecule has 1 aliphatic heterocycles. The first-order chi connectivity index (χ1) is 16.9. The van der Waals surface area contributed by atoms with Crippen molar-refractivity contribution in [3.63, 3.8) is 0 Å². The van der Waals surface area contributed by atoms with Crippen molar-refractivity contribution in [1.29, 1.82) is 0 Å². The highest BCUT2D eigenvalue weighted by atomic mass is 16.2. The molecule has 7 heteroatoms. The molecule has 174 valence electrons. The predicted octanol–water partition coefficient (Wildman–Crippen LogP) is 4.36. The van der Waals surface area contributed by atoms with E-state index in [-0.39, 0.29) is 18.0 Å². The molecule has 0 radical (unpaired) electrons. The van der Waals surface area contributed by atoms with Gasteiger partial charge in [0.25, 0.3) is 11.8 Å². The van der Waals surface area contributed by atoms with Crippen molar-refractivity contribution in [1.82, 2.24) is 9.99 Å². The Balaban J connectivity index is 1.50. The van der Waals surface area contributed by atoms with Gasteiger partial charge >= 0.3 is 0 Å². The molecule has 2 N–H and O–H groups in total. The van der Waals surface area contributed by atoms with Crippen LogP contribution in [0.15, 0.2) is 84.4 Å². The van der Waals surface area contributed by atoms with Crippen LogP contribution < -0.4 is 15.8 Å². The number of hydrazine groups is 1. The number of aryl methyl sites for hydroxylation is 1. The Kier molecular flexibility index (Phi) is 5.66. The smallest absolute Gasteiger partial charge is 0.282 e. The summed E-state index contributed by atoms with van der Waals surface area (Å²) in [5.41, 5.74) is 7.39. The minimum absolute atomic E-state index is 0.0456. The summed E-state index contributed by atoms with van der Waals surface area (Å²) < 4.78 is 1.90. The molecule has 4 aromatic rings. The van der Waals surface area contributed by atoms with E-state index in [9.17, 15) is 14.4 Å². The van der Waals surface area contributed by atoms with E-state index in [1.54, 1.807) is 30.3 Å². The van der Waals surface area contributed by atoms with Gasteiger partial charge in [-0.05, 0) is 49.8 Å². The lowest BCUT2D eigenvalue weighted by atomic mass is 10.1. The van der Waals surface area contributed by atoms with Crippen LogP contribution in [0.1, 0.15) is 16.8 Å². The first-order valence-corrected chi connectivity index (χ1v) is 11.3. The molecule has 1 aliphatic rings. The van der Waals surface area contributed by atoms with Crippen LogP contribution in [0.2, 0.25) is 0 Å². The molecule has 1 fully saturated rings. The monoisotopic (exact) mass is 464 g/mol. The summed E-state index contributed by atoms with van der Waals surface area (Å²) in [4.78, 5) is 38.7. The molecular weight excluding hydrogens is 440 g/mol. The van der Waals surface area contributed by atoms with Gasteiger partial charge in [-0.1, -0.05) is 54.6 Å². The van der Waals surface area contributed by atoms with Gasteiger partial charge in [0.2, 0.25) is 5.91 Å². The van der Waals surface area contributed by atoms with E-state index in [2.05, 4.69) is 10.7 Å². The summed E-state index contributed by atoms with van der Waals surface area (Å²) in [6.07, 6.45) is 1.62. The Bertz CT molecular complexity index is 1500. The number of anilines is 2. The highest BCUT2D eigenvalue weighted by molar-refractivity contribution is 6.32. The van der Waals surface area contributed by atoms with Crippen molar-refractivity contribution in [3.8, 4) is 0 Å². The molecule has 3 aromatic carbocycles. The number of carbonyl (C=O) groups is 3. The van der Waals surface area contributed by atoms with E-state index in [1.165, 1.54) is 5.01 Å². The van der Waals surface area contributed by atoms with E-state index in [4.69, 9.17) is 0 Å². The van der Waals surface area contributed by atoms with Crippen LogP contribution in [0.25, 0.3) is 17.0 Å². The van der Waals surface area contributed by atoms with Crippen molar-refractivity contribution in [3.05, 3.63) is 101 Å². The fourth-order valence-corrected chi connectivity index (χ4v) is 4.35. The lowest BCUT2D eigenvalue weighted by molar-refractivity contribution is -0.118. The van der Waals surface area contributed by atoms with Gasteiger partial charge in [0, 0.05) is 27.8 Å². The number of fused-ring (bicyclic) bond motifs is 1. The highest BCUT2D eigenvalue weighted by Crippen LogP contribution is 2.30. The number of aromatic nitrogens is 1. The first-order valence-electron chi connectivity index (χ1n) is 11.3. The van der Waals surface area contributed by atoms with Crippen LogP contribution in [-0.2, 0) is 20.9 Å². The molecule has 0 saturated carbocycles. The molecule has 0 unspecified atom stereocenters. The minimum Gasteiger partial charge on any atom is -0.335 e. The van der Waals surface area contributed by atoms with Crippen LogP contribution in [0.3, 0.4) is 0 Å². The molecule has 0 spiro atoms. The lowest BCUT2D eigenvalue weighted by Crippen LogP contribution is -2.35. The van der Waals surface area contributed by atoms with E-state index >= 15 is 0 Å². The molecule has 3 amide bonds. The van der Waals surface area contributed by atoms with Gasteiger partial charge in [-0.15, -0.1) is 0 Å². The molecule has 0 atom stereocenters. The normalized spacial score (nSPS) is 14.6. The Morgan fingerprint density at radius 3 is 2.37 bits per heavy atom. The quantitative estimate of drug-likeness (QED) is 0.340. The number of carbonyl (C=O) groups excluding carboxylic acids is 3. The molecule has 0 aliphatic carbocycles. The fraction of sp³-hybridized carbons (Fsp3) is 0.107. The van der Waals surface area contributed by atoms with E-state index in [1.807, 2.05) is 73.0 Å². The Labute approximate surface area is 202 Å². The molecule has 5 rings (SSSR count). The fourth-order valence-electron chi connectivity index (χ4n) is 4.35. The maximum absolute atomic E-state index is 13.1. The Hall–Kier alpha value is -4.65. The van der Waals surface area contributed by atoms with Gasteiger partial charge < -0.3 is 9.88 Å². The number of nitrogens with zero attached hydrogens (tertiary/aromatic N) is 2. The highest BCUT2D eigenvalue weighted by Gasteiger charge is 2.35. The number of hydrogen-bond acceptors (Lipinski definition) is 3. The summed E-state index contributed by atoms with van der Waals surface area (Å²) in [6, 6.07) is 24.2. The largest absolute Gasteiger partial charge is 0.335 e. The van der Waals surface area contributed by atoms with Crippen molar-refractivity contribution in [2.45, 2.75) is 20.4 Å². The average Bonchev–Trinajstić information content (AvgIpc) is 3.29. The standard InChI is InChI=1S/C28H24N4O3/c1-18-10-6-8-14-24(18)29-26(33)17-31-19(2)22(21-13-7-9-15-25(21)31)16-23-27(34)30-32(28(23)35)20-11-4-3-5-12-20/h3-16H,17H2,1-2H3,(H,29,33)(H,30,34). The predicted molar refractivity (Wildman–Crippen MR) is 137 cm³/mol. The van der Waals surface area contributed by atoms with Gasteiger partial charge in [0.1, 0.15) is 12.1 Å². The Morgan fingerprint density at radius 2 is 1.60 bits per heavy atom. The maximum atomic E-state index is 13.1. The summed E-state index contributed by atoms with van der Waals surface area (Å²) in [6.45, 7) is 3.93. The van der Waals surface area contributed by atoms with Gasteiger partial charge in [0.05, 0.1) is 5.69 Å². The number of rotatable bonds is 5. The third-order valence-corrected chi connectivity index (χ3v) is 6.20. The average molecular weight is 465 g/mol. The van der Waals surface area contributed by atoms with Crippen LogP contribution >= 0.6 is 0 Å². The zero-order chi connectivity index (χ0) is 24.5. The second-order valence-corrected chi connectivity index (χ2v) is 8.44. The zero-order valence-corrected chi connectivity index (χ0v) is 19.4. The van der Waals surface area contributed by atoms with Crippen LogP contribution in [0, 0.1) is 13.8 Å². The van der Waals surface area contributed by atoms with E-state index in [0.717, 1.165) is 33.4 Å². The van der Waals surface area contributed by atoms with Crippen molar-refractivity contribution >= 4 is 46.1 Å². The molecule has 1 aromatic heterocycles. The number of benzene rings is 3. The molecular formula is C28H24N4O3. The number of hydrogen-bond donors (Lipinski definition) is 2. The van der Waals surface area contributed by atoms with Crippen molar-refractivity contribution in [2.24, 2.45) is 0 Å².